The number of rotatable bonds is 2. The Kier molecular flexibility index (Phi) is 3.44. The smallest absolute Gasteiger partial charge is 0.124 e. The van der Waals surface area contributed by atoms with E-state index in [9.17, 15) is 10.2 Å². The molecule has 0 aliphatic rings. The van der Waals surface area contributed by atoms with E-state index in [2.05, 4.69) is 20.9 Å². The molecule has 0 spiro atoms. The van der Waals surface area contributed by atoms with Crippen molar-refractivity contribution in [3.05, 3.63) is 52.5 Å². The van der Waals surface area contributed by atoms with Gasteiger partial charge in [0.25, 0.3) is 0 Å². The van der Waals surface area contributed by atoms with Crippen LogP contribution in [0, 0.1) is 0 Å². The van der Waals surface area contributed by atoms with Gasteiger partial charge >= 0.3 is 0 Å². The van der Waals surface area contributed by atoms with Gasteiger partial charge in [0.05, 0.1) is 5.69 Å². The van der Waals surface area contributed by atoms with Crippen LogP contribution in [0.15, 0.2) is 51.9 Å². The molecule has 0 fully saturated rings. The fraction of sp³-hybridized carbons (Fsp3) is 0. The molecule has 4 heteroatoms. The van der Waals surface area contributed by atoms with Crippen molar-refractivity contribution in [3.8, 4) is 11.5 Å². The molecule has 3 nitrogen and oxygen atoms in total. The zero-order valence-corrected chi connectivity index (χ0v) is 10.4. The minimum Gasteiger partial charge on any atom is -0.508 e. The fourth-order valence-corrected chi connectivity index (χ4v) is 1.72. The summed E-state index contributed by atoms with van der Waals surface area (Å²) in [6.07, 6.45) is 1.55. The predicted molar refractivity (Wildman–Crippen MR) is 71.2 cm³/mol. The highest BCUT2D eigenvalue weighted by molar-refractivity contribution is 9.10. The maximum atomic E-state index is 9.61. The Bertz CT molecular complexity index is 567. The van der Waals surface area contributed by atoms with Gasteiger partial charge in [0.1, 0.15) is 11.5 Å². The van der Waals surface area contributed by atoms with Crippen molar-refractivity contribution in [1.82, 2.24) is 0 Å². The average Bonchev–Trinajstić information content (AvgIpc) is 2.30. The number of aromatic hydroxyl groups is 2. The highest BCUT2D eigenvalue weighted by Crippen LogP contribution is 2.22. The molecule has 0 aliphatic heterocycles. The van der Waals surface area contributed by atoms with Crippen LogP contribution in [0.4, 0.5) is 5.69 Å². The maximum absolute atomic E-state index is 9.61. The standard InChI is InChI=1S/C13H10BrNO2/c14-10-4-5-13(17)9(6-10)8-15-11-2-1-3-12(16)7-11/h1-8,16-17H. The minimum atomic E-state index is 0.164. The Morgan fingerprint density at radius 3 is 2.65 bits per heavy atom. The molecule has 0 saturated heterocycles. The number of benzene rings is 2. The summed E-state index contributed by atoms with van der Waals surface area (Å²) in [5.41, 5.74) is 1.24. The van der Waals surface area contributed by atoms with E-state index >= 15 is 0 Å². The predicted octanol–water partition coefficient (Wildman–Crippen LogP) is 3.61. The number of halogens is 1. The molecule has 0 radical (unpaired) electrons. The van der Waals surface area contributed by atoms with Gasteiger partial charge in [-0.1, -0.05) is 22.0 Å². The van der Waals surface area contributed by atoms with Crippen molar-refractivity contribution >= 4 is 27.8 Å². The number of nitrogens with zero attached hydrogens (tertiary/aromatic N) is 1. The average molecular weight is 292 g/mol. The van der Waals surface area contributed by atoms with Crippen LogP contribution in [0.1, 0.15) is 5.56 Å². The van der Waals surface area contributed by atoms with Crippen LogP contribution in [0.25, 0.3) is 0 Å². The molecule has 86 valence electrons. The number of phenols is 2. The Morgan fingerprint density at radius 2 is 1.88 bits per heavy atom. The summed E-state index contributed by atoms with van der Waals surface area (Å²) < 4.78 is 0.868. The van der Waals surface area contributed by atoms with E-state index in [1.807, 2.05) is 0 Å². The zero-order chi connectivity index (χ0) is 12.3. The molecule has 0 unspecified atom stereocenters. The van der Waals surface area contributed by atoms with Crippen LogP contribution in [0.3, 0.4) is 0 Å². The van der Waals surface area contributed by atoms with E-state index in [4.69, 9.17) is 0 Å². The van der Waals surface area contributed by atoms with Crippen molar-refractivity contribution in [2.24, 2.45) is 4.99 Å². The van der Waals surface area contributed by atoms with Gasteiger partial charge in [-0.3, -0.25) is 4.99 Å². The van der Waals surface area contributed by atoms with Crippen LogP contribution in [0.2, 0.25) is 0 Å². The number of aliphatic imine (C=N–C) groups is 1. The molecule has 0 aliphatic carbocycles. The number of hydrogen-bond donors (Lipinski definition) is 2. The summed E-state index contributed by atoms with van der Waals surface area (Å²) in [4.78, 5) is 4.17. The van der Waals surface area contributed by atoms with Gasteiger partial charge in [0, 0.05) is 22.3 Å². The Balaban J connectivity index is 2.29. The Hall–Kier alpha value is -1.81. The monoisotopic (exact) mass is 291 g/mol. The van der Waals surface area contributed by atoms with Gasteiger partial charge in [-0.25, -0.2) is 0 Å². The molecule has 17 heavy (non-hydrogen) atoms. The molecule has 0 saturated carbocycles. The van der Waals surface area contributed by atoms with Gasteiger partial charge in [0.2, 0.25) is 0 Å². The molecule has 0 bridgehead atoms. The first-order valence-electron chi connectivity index (χ1n) is 4.97. The first kappa shape index (κ1) is 11.7. The van der Waals surface area contributed by atoms with Crippen molar-refractivity contribution in [3.63, 3.8) is 0 Å². The van der Waals surface area contributed by atoms with E-state index in [0.717, 1.165) is 4.47 Å². The van der Waals surface area contributed by atoms with Gasteiger partial charge < -0.3 is 10.2 Å². The number of hydrogen-bond acceptors (Lipinski definition) is 3. The summed E-state index contributed by atoms with van der Waals surface area (Å²) in [6, 6.07) is 11.7. The second kappa shape index (κ2) is 5.01. The third-order valence-electron chi connectivity index (χ3n) is 2.17. The lowest BCUT2D eigenvalue weighted by Crippen LogP contribution is -1.82. The van der Waals surface area contributed by atoms with E-state index in [1.165, 1.54) is 0 Å². The van der Waals surface area contributed by atoms with Gasteiger partial charge in [-0.15, -0.1) is 0 Å². The summed E-state index contributed by atoms with van der Waals surface area (Å²) in [5.74, 6) is 0.329. The van der Waals surface area contributed by atoms with E-state index in [1.54, 1.807) is 48.7 Å². The highest BCUT2D eigenvalue weighted by Gasteiger charge is 1.98. The molecule has 0 aromatic heterocycles. The van der Waals surface area contributed by atoms with Crippen LogP contribution >= 0.6 is 15.9 Å². The van der Waals surface area contributed by atoms with Gasteiger partial charge in [-0.05, 0) is 30.3 Å². The summed E-state index contributed by atoms with van der Waals surface area (Å²) in [5, 5.41) is 18.9. The second-order valence-electron chi connectivity index (χ2n) is 3.48. The third-order valence-corrected chi connectivity index (χ3v) is 2.67. The van der Waals surface area contributed by atoms with Crippen LogP contribution < -0.4 is 0 Å². The van der Waals surface area contributed by atoms with E-state index in [0.29, 0.717) is 11.3 Å². The minimum absolute atomic E-state index is 0.164. The first-order valence-corrected chi connectivity index (χ1v) is 5.76. The van der Waals surface area contributed by atoms with Crippen LogP contribution in [-0.4, -0.2) is 16.4 Å². The second-order valence-corrected chi connectivity index (χ2v) is 4.40. The van der Waals surface area contributed by atoms with E-state index < -0.39 is 0 Å². The molecule has 0 atom stereocenters. The van der Waals surface area contributed by atoms with Crippen molar-refractivity contribution in [1.29, 1.82) is 0 Å². The maximum Gasteiger partial charge on any atom is 0.124 e. The summed E-state index contributed by atoms with van der Waals surface area (Å²) in [7, 11) is 0. The summed E-state index contributed by atoms with van der Waals surface area (Å²) >= 11 is 3.32. The quantitative estimate of drug-likeness (QED) is 0.831. The topological polar surface area (TPSA) is 52.8 Å². The van der Waals surface area contributed by atoms with Crippen LogP contribution in [0.5, 0.6) is 11.5 Å². The molecule has 2 N–H and O–H groups in total. The third kappa shape index (κ3) is 3.07. The SMILES string of the molecule is Oc1cccc(N=Cc2cc(Br)ccc2O)c1. The molecule has 2 rings (SSSR count). The lowest BCUT2D eigenvalue weighted by molar-refractivity contribution is 0.474. The van der Waals surface area contributed by atoms with Gasteiger partial charge in [0.15, 0.2) is 0 Å². The molecule has 2 aromatic rings. The lowest BCUT2D eigenvalue weighted by atomic mass is 10.2. The molecular weight excluding hydrogens is 282 g/mol. The first-order chi connectivity index (χ1) is 8.15. The van der Waals surface area contributed by atoms with Crippen molar-refractivity contribution in [2.45, 2.75) is 0 Å². The lowest BCUT2D eigenvalue weighted by Gasteiger charge is -1.99. The Morgan fingerprint density at radius 1 is 1.06 bits per heavy atom. The fourth-order valence-electron chi connectivity index (χ4n) is 1.35. The zero-order valence-electron chi connectivity index (χ0n) is 8.84. The van der Waals surface area contributed by atoms with Gasteiger partial charge in [-0.2, -0.15) is 0 Å². The number of phenolic OH excluding ortho intramolecular Hbond substituents is 2. The van der Waals surface area contributed by atoms with Crippen LogP contribution in [-0.2, 0) is 0 Å². The molecular formula is C13H10BrNO2. The largest absolute Gasteiger partial charge is 0.508 e. The van der Waals surface area contributed by atoms with Crippen molar-refractivity contribution in [2.75, 3.05) is 0 Å². The molecule has 2 aromatic carbocycles. The summed E-state index contributed by atoms with van der Waals surface area (Å²) in [6.45, 7) is 0. The van der Waals surface area contributed by atoms with E-state index in [-0.39, 0.29) is 11.5 Å². The Labute approximate surface area is 107 Å². The molecule has 0 heterocycles. The normalized spacial score (nSPS) is 10.9. The van der Waals surface area contributed by atoms with Crippen molar-refractivity contribution < 1.29 is 10.2 Å². The highest BCUT2D eigenvalue weighted by atomic mass is 79.9. The molecule has 0 amide bonds.